The van der Waals surface area contributed by atoms with Crippen LogP contribution in [0.25, 0.3) is 23.2 Å². The lowest BCUT2D eigenvalue weighted by atomic mass is 9.81. The van der Waals surface area contributed by atoms with E-state index in [2.05, 4.69) is 21.6 Å². The van der Waals surface area contributed by atoms with E-state index in [9.17, 15) is 14.9 Å². The average molecular weight is 460 g/mol. The molecule has 1 aliphatic rings. The molecule has 4 rings (SSSR count). The van der Waals surface area contributed by atoms with Crippen LogP contribution in [0.15, 0.2) is 53.1 Å². The molecule has 10 nitrogen and oxygen atoms in total. The van der Waals surface area contributed by atoms with Gasteiger partial charge in [-0.05, 0) is 35.4 Å². The number of furan rings is 1. The molecular weight excluding hydrogens is 436 g/mol. The molecular formula is C24H24N6O4. The third-order valence-electron chi connectivity index (χ3n) is 5.99. The number of carbonyl (C=O) groups excluding carboxylic acids is 2. The number of hydrogen-bond acceptors (Lipinski definition) is 8. The summed E-state index contributed by atoms with van der Waals surface area (Å²) in [6.45, 7) is -0.517. The summed E-state index contributed by atoms with van der Waals surface area (Å²) in [6, 6.07) is 14.8. The molecule has 0 saturated heterocycles. The van der Waals surface area contributed by atoms with Gasteiger partial charge in [0.05, 0.1) is 12.3 Å². The summed E-state index contributed by atoms with van der Waals surface area (Å²) in [5.74, 6) is -0.550. The molecule has 1 aliphatic carbocycles. The summed E-state index contributed by atoms with van der Waals surface area (Å²) in [4.78, 5) is 27.4. The van der Waals surface area contributed by atoms with Gasteiger partial charge in [0.1, 0.15) is 11.3 Å². The van der Waals surface area contributed by atoms with Crippen LogP contribution < -0.4 is 0 Å². The molecule has 1 saturated carbocycles. The highest BCUT2D eigenvalue weighted by molar-refractivity contribution is 6.15. The fourth-order valence-electron chi connectivity index (χ4n) is 4.03. The fraction of sp³-hybridized carbons (Fsp3) is 0.333. The van der Waals surface area contributed by atoms with Crippen molar-refractivity contribution in [2.24, 2.45) is 0 Å². The number of tetrazole rings is 1. The number of carbonyl (C=O) groups is 2. The zero-order valence-corrected chi connectivity index (χ0v) is 18.8. The van der Waals surface area contributed by atoms with Crippen LogP contribution in [0.2, 0.25) is 0 Å². The van der Waals surface area contributed by atoms with E-state index in [0.717, 1.165) is 19.3 Å². The summed E-state index contributed by atoms with van der Waals surface area (Å²) in [5, 5.41) is 21.4. The van der Waals surface area contributed by atoms with Crippen LogP contribution in [0, 0.1) is 11.3 Å². The number of aromatic nitrogens is 4. The van der Waals surface area contributed by atoms with Crippen LogP contribution in [0.1, 0.15) is 37.9 Å². The minimum absolute atomic E-state index is 0.0260. The van der Waals surface area contributed by atoms with Crippen molar-refractivity contribution in [3.05, 3.63) is 54.5 Å². The predicted molar refractivity (Wildman–Crippen MR) is 121 cm³/mol. The third kappa shape index (κ3) is 4.73. The lowest BCUT2D eigenvalue weighted by Crippen LogP contribution is -2.51. The molecule has 0 bridgehead atoms. The van der Waals surface area contributed by atoms with E-state index in [1.54, 1.807) is 19.2 Å². The maximum Gasteiger partial charge on any atom is 0.357 e. The van der Waals surface area contributed by atoms with Gasteiger partial charge in [-0.1, -0.05) is 49.6 Å². The number of amides is 1. The Morgan fingerprint density at radius 3 is 2.65 bits per heavy atom. The van der Waals surface area contributed by atoms with E-state index in [-0.39, 0.29) is 5.70 Å². The summed E-state index contributed by atoms with van der Waals surface area (Å²) < 4.78 is 12.0. The minimum atomic E-state index is -0.870. The van der Waals surface area contributed by atoms with Crippen LogP contribution in [0.3, 0.4) is 0 Å². The van der Waals surface area contributed by atoms with Crippen molar-refractivity contribution in [1.82, 2.24) is 25.1 Å². The molecule has 0 unspecified atom stereocenters. The lowest BCUT2D eigenvalue weighted by molar-refractivity contribution is -0.149. The van der Waals surface area contributed by atoms with E-state index >= 15 is 0 Å². The highest BCUT2D eigenvalue weighted by Crippen LogP contribution is 2.32. The zero-order valence-electron chi connectivity index (χ0n) is 18.8. The lowest BCUT2D eigenvalue weighted by Gasteiger charge is -2.38. The molecule has 2 aromatic heterocycles. The molecule has 1 aromatic carbocycles. The number of likely N-dealkylation sites (N-methyl/N-ethyl adjacent to an activating group) is 1. The molecule has 34 heavy (non-hydrogen) atoms. The first-order chi connectivity index (χ1) is 16.5. The molecule has 10 heteroatoms. The van der Waals surface area contributed by atoms with Gasteiger partial charge < -0.3 is 14.1 Å². The number of benzene rings is 1. The van der Waals surface area contributed by atoms with Gasteiger partial charge in [0.25, 0.3) is 5.91 Å². The molecule has 0 aliphatic heterocycles. The second-order valence-electron chi connectivity index (χ2n) is 8.06. The van der Waals surface area contributed by atoms with Crippen LogP contribution in [-0.2, 0) is 14.3 Å². The number of nitriles is 1. The fourth-order valence-corrected chi connectivity index (χ4v) is 4.03. The third-order valence-corrected chi connectivity index (χ3v) is 5.99. The monoisotopic (exact) mass is 460 g/mol. The van der Waals surface area contributed by atoms with Crippen LogP contribution in [0.5, 0.6) is 0 Å². The highest BCUT2D eigenvalue weighted by atomic mass is 16.5. The van der Waals surface area contributed by atoms with Gasteiger partial charge in [0.2, 0.25) is 0 Å². The summed E-state index contributed by atoms with van der Waals surface area (Å²) >= 11 is 0. The quantitative estimate of drug-likeness (QED) is 0.389. The zero-order chi connectivity index (χ0) is 24.0. The molecule has 0 radical (unpaired) electrons. The van der Waals surface area contributed by atoms with Crippen LogP contribution >= 0.6 is 0 Å². The van der Waals surface area contributed by atoms with E-state index < -0.39 is 24.0 Å². The topological polar surface area (TPSA) is 127 Å². The molecule has 0 spiro atoms. The number of nitrogens with zero attached hydrogens (tertiary/aromatic N) is 6. The van der Waals surface area contributed by atoms with Crippen molar-refractivity contribution in [2.45, 2.75) is 37.6 Å². The molecule has 0 atom stereocenters. The van der Waals surface area contributed by atoms with Crippen molar-refractivity contribution in [1.29, 1.82) is 5.26 Å². The first-order valence-electron chi connectivity index (χ1n) is 11.0. The Bertz CT molecular complexity index is 1200. The van der Waals surface area contributed by atoms with E-state index in [4.69, 9.17) is 9.15 Å². The van der Waals surface area contributed by atoms with Gasteiger partial charge in [-0.2, -0.15) is 9.94 Å². The molecule has 2 heterocycles. The smallest absolute Gasteiger partial charge is 0.357 e. The average Bonchev–Trinajstić information content (AvgIpc) is 3.58. The summed E-state index contributed by atoms with van der Waals surface area (Å²) in [6.07, 6.45) is 6.92. The molecule has 0 N–H and O–H groups in total. The Morgan fingerprint density at radius 1 is 1.21 bits per heavy atom. The standard InChI is InChI=1S/C24H24N6O4/c1-29(24(17-25)12-6-3-7-13-24)21(31)16-34-23(32)20(15-19-11-8-14-33-19)30-22(26-27-28-30)18-9-4-2-5-10-18/h2,4-5,8-11,14-15H,3,6-7,12-13,16H2,1H3/b20-15-. The van der Waals surface area contributed by atoms with Gasteiger partial charge in [-0.25, -0.2) is 4.79 Å². The van der Waals surface area contributed by atoms with Crippen molar-refractivity contribution in [2.75, 3.05) is 13.7 Å². The first-order valence-corrected chi connectivity index (χ1v) is 11.0. The van der Waals surface area contributed by atoms with Crippen molar-refractivity contribution >= 4 is 23.6 Å². The molecule has 3 aromatic rings. The largest absolute Gasteiger partial charge is 0.465 e. The summed E-state index contributed by atoms with van der Waals surface area (Å²) in [7, 11) is 1.58. The Morgan fingerprint density at radius 2 is 1.97 bits per heavy atom. The highest BCUT2D eigenvalue weighted by Gasteiger charge is 2.39. The van der Waals surface area contributed by atoms with Gasteiger partial charge in [-0.15, -0.1) is 5.10 Å². The Labute approximate surface area is 196 Å². The Hall–Kier alpha value is -4.26. The maximum atomic E-state index is 13.1. The number of rotatable bonds is 7. The van der Waals surface area contributed by atoms with Gasteiger partial charge >= 0.3 is 5.97 Å². The second-order valence-corrected chi connectivity index (χ2v) is 8.06. The number of esters is 1. The van der Waals surface area contributed by atoms with Gasteiger partial charge in [0.15, 0.2) is 18.1 Å². The van der Waals surface area contributed by atoms with E-state index in [0.29, 0.717) is 30.0 Å². The van der Waals surface area contributed by atoms with E-state index in [1.807, 2.05) is 30.3 Å². The number of ether oxygens (including phenoxy) is 1. The maximum absolute atomic E-state index is 13.1. The van der Waals surface area contributed by atoms with Gasteiger partial charge in [0, 0.05) is 18.7 Å². The second kappa shape index (κ2) is 10.1. The van der Waals surface area contributed by atoms with Crippen LogP contribution in [-0.4, -0.2) is 56.2 Å². The SMILES string of the molecule is CN(C(=O)COC(=O)/C(=C/c1ccco1)n1nnnc1-c1ccccc1)C1(C#N)CCCCC1. The predicted octanol–water partition coefficient (Wildman–Crippen LogP) is 3.16. The minimum Gasteiger partial charge on any atom is -0.465 e. The Kier molecular flexibility index (Phi) is 6.82. The number of hydrogen-bond donors (Lipinski definition) is 0. The first kappa shape index (κ1) is 22.9. The molecule has 174 valence electrons. The van der Waals surface area contributed by atoms with Crippen LogP contribution in [0.4, 0.5) is 0 Å². The van der Waals surface area contributed by atoms with Crippen molar-refractivity contribution in [3.8, 4) is 17.5 Å². The van der Waals surface area contributed by atoms with Crippen molar-refractivity contribution in [3.63, 3.8) is 0 Å². The van der Waals surface area contributed by atoms with Gasteiger partial charge in [-0.3, -0.25) is 4.79 Å². The summed E-state index contributed by atoms with van der Waals surface area (Å²) in [5.41, 5.74) is -0.207. The van der Waals surface area contributed by atoms with Crippen molar-refractivity contribution < 1.29 is 18.7 Å². The van der Waals surface area contributed by atoms with E-state index in [1.165, 1.54) is 21.9 Å². The molecule has 1 amide bonds. The Balaban J connectivity index is 1.56. The molecule has 1 fully saturated rings. The normalized spacial score (nSPS) is 15.4.